The second-order valence-corrected chi connectivity index (χ2v) is 5.99. The number of hydrogen-bond donors (Lipinski definition) is 2. The maximum Gasteiger partial charge on any atom is 0.242 e. The quantitative estimate of drug-likeness (QED) is 0.873. The van der Waals surface area contributed by atoms with Gasteiger partial charge in [-0.2, -0.15) is 5.10 Å². The predicted molar refractivity (Wildman–Crippen MR) is 76.0 cm³/mol. The van der Waals surface area contributed by atoms with Crippen LogP contribution in [0.5, 0.6) is 0 Å². The number of amides is 1. The summed E-state index contributed by atoms with van der Waals surface area (Å²) in [5, 5.41) is 10.7. The van der Waals surface area contributed by atoms with E-state index in [2.05, 4.69) is 29.6 Å². The van der Waals surface area contributed by atoms with Crippen LogP contribution in [0.25, 0.3) is 0 Å². The topological polar surface area (TPSA) is 59.0 Å². The fourth-order valence-electron chi connectivity index (χ4n) is 2.76. The van der Waals surface area contributed by atoms with Gasteiger partial charge in [-0.15, -0.1) is 0 Å². The minimum Gasteiger partial charge on any atom is -0.322 e. The van der Waals surface area contributed by atoms with Gasteiger partial charge in [-0.05, 0) is 31.2 Å². The summed E-state index contributed by atoms with van der Waals surface area (Å²) in [6, 6.07) is -0.133. The van der Waals surface area contributed by atoms with E-state index in [4.69, 9.17) is 0 Å². The van der Waals surface area contributed by atoms with Gasteiger partial charge in [0.25, 0.3) is 0 Å². The summed E-state index contributed by atoms with van der Waals surface area (Å²) in [5.74, 6) is 0.0485. The lowest BCUT2D eigenvalue weighted by atomic mass is 9.77. The lowest BCUT2D eigenvalue weighted by Crippen LogP contribution is -2.53. The molecule has 1 aliphatic heterocycles. The van der Waals surface area contributed by atoms with Gasteiger partial charge in [-0.25, -0.2) is 0 Å². The number of hydrogen-bond acceptors (Lipinski definition) is 3. The van der Waals surface area contributed by atoms with Crippen molar-refractivity contribution in [1.82, 2.24) is 15.1 Å². The Morgan fingerprint density at radius 2 is 2.37 bits per heavy atom. The standard InChI is InChI=1S/C14H24N4O/c1-5-10-11(9-18(4)17-10)16-13(19)12-14(2,3)7-6-8-15-12/h9,12,15H,5-8H2,1-4H3,(H,16,19). The second-order valence-electron chi connectivity index (χ2n) is 5.99. The van der Waals surface area contributed by atoms with Crippen molar-refractivity contribution in [1.29, 1.82) is 0 Å². The molecule has 1 aromatic rings. The van der Waals surface area contributed by atoms with Crippen molar-refractivity contribution in [2.75, 3.05) is 11.9 Å². The number of carbonyl (C=O) groups is 1. The highest BCUT2D eigenvalue weighted by Crippen LogP contribution is 2.31. The van der Waals surface area contributed by atoms with Gasteiger partial charge in [0.1, 0.15) is 0 Å². The Balaban J connectivity index is 2.11. The molecule has 1 unspecified atom stereocenters. The lowest BCUT2D eigenvalue weighted by molar-refractivity contribution is -0.121. The first-order valence-electron chi connectivity index (χ1n) is 7.01. The molecule has 19 heavy (non-hydrogen) atoms. The molecule has 1 aromatic heterocycles. The van der Waals surface area contributed by atoms with Gasteiger partial charge in [0.2, 0.25) is 5.91 Å². The molecule has 1 saturated heterocycles. The molecule has 1 aliphatic rings. The van der Waals surface area contributed by atoms with Crippen molar-refractivity contribution in [3.63, 3.8) is 0 Å². The number of rotatable bonds is 3. The average molecular weight is 264 g/mol. The van der Waals surface area contributed by atoms with Crippen LogP contribution in [0.4, 0.5) is 5.69 Å². The smallest absolute Gasteiger partial charge is 0.242 e. The first kappa shape index (κ1) is 14.1. The van der Waals surface area contributed by atoms with E-state index in [0.717, 1.165) is 37.2 Å². The van der Waals surface area contributed by atoms with E-state index in [9.17, 15) is 4.79 Å². The van der Waals surface area contributed by atoms with Gasteiger partial charge >= 0.3 is 0 Å². The highest BCUT2D eigenvalue weighted by molar-refractivity contribution is 5.95. The Morgan fingerprint density at radius 3 is 3.00 bits per heavy atom. The predicted octanol–water partition coefficient (Wildman–Crippen LogP) is 1.70. The summed E-state index contributed by atoms with van der Waals surface area (Å²) in [6.07, 6.45) is 4.89. The lowest BCUT2D eigenvalue weighted by Gasteiger charge is -2.38. The molecule has 0 radical (unpaired) electrons. The van der Waals surface area contributed by atoms with Gasteiger partial charge in [-0.1, -0.05) is 20.8 Å². The number of piperidine rings is 1. The molecule has 5 nitrogen and oxygen atoms in total. The summed E-state index contributed by atoms with van der Waals surface area (Å²) in [5.41, 5.74) is 1.76. The van der Waals surface area contributed by atoms with Crippen LogP contribution in [-0.4, -0.2) is 28.3 Å². The van der Waals surface area contributed by atoms with Gasteiger partial charge in [0, 0.05) is 13.2 Å². The van der Waals surface area contributed by atoms with Crippen molar-refractivity contribution in [3.05, 3.63) is 11.9 Å². The monoisotopic (exact) mass is 264 g/mol. The van der Waals surface area contributed by atoms with Crippen molar-refractivity contribution in [2.24, 2.45) is 12.5 Å². The number of aryl methyl sites for hydroxylation is 2. The van der Waals surface area contributed by atoms with E-state index >= 15 is 0 Å². The van der Waals surface area contributed by atoms with Crippen molar-refractivity contribution >= 4 is 11.6 Å². The van der Waals surface area contributed by atoms with Crippen LogP contribution in [0, 0.1) is 5.41 Å². The van der Waals surface area contributed by atoms with E-state index in [1.807, 2.05) is 20.2 Å². The number of anilines is 1. The molecule has 0 bridgehead atoms. The highest BCUT2D eigenvalue weighted by atomic mass is 16.2. The molecule has 106 valence electrons. The van der Waals surface area contributed by atoms with Crippen LogP contribution in [0.2, 0.25) is 0 Å². The zero-order valence-corrected chi connectivity index (χ0v) is 12.3. The zero-order chi connectivity index (χ0) is 14.0. The number of aromatic nitrogens is 2. The molecule has 5 heteroatoms. The summed E-state index contributed by atoms with van der Waals surface area (Å²) in [7, 11) is 1.87. The van der Waals surface area contributed by atoms with Crippen LogP contribution in [0.1, 0.15) is 39.3 Å². The maximum atomic E-state index is 12.4. The van der Waals surface area contributed by atoms with Crippen molar-refractivity contribution < 1.29 is 4.79 Å². The first-order valence-corrected chi connectivity index (χ1v) is 7.01. The summed E-state index contributed by atoms with van der Waals surface area (Å²) < 4.78 is 1.74. The van der Waals surface area contributed by atoms with Crippen LogP contribution in [-0.2, 0) is 18.3 Å². The van der Waals surface area contributed by atoms with Gasteiger partial charge in [-0.3, -0.25) is 9.48 Å². The number of carbonyl (C=O) groups excluding carboxylic acids is 1. The zero-order valence-electron chi connectivity index (χ0n) is 12.3. The molecule has 2 N–H and O–H groups in total. The Bertz CT molecular complexity index is 464. The van der Waals surface area contributed by atoms with Crippen LogP contribution >= 0.6 is 0 Å². The van der Waals surface area contributed by atoms with E-state index in [1.54, 1.807) is 4.68 Å². The highest BCUT2D eigenvalue weighted by Gasteiger charge is 2.37. The molecule has 2 rings (SSSR count). The molecule has 2 heterocycles. The Labute approximate surface area is 114 Å². The SMILES string of the molecule is CCc1nn(C)cc1NC(=O)C1NCCCC1(C)C. The fraction of sp³-hybridized carbons (Fsp3) is 0.714. The third-order valence-corrected chi connectivity index (χ3v) is 3.89. The van der Waals surface area contributed by atoms with E-state index in [-0.39, 0.29) is 17.4 Å². The maximum absolute atomic E-state index is 12.4. The minimum atomic E-state index is -0.133. The largest absolute Gasteiger partial charge is 0.322 e. The molecule has 0 aliphatic carbocycles. The Morgan fingerprint density at radius 1 is 1.63 bits per heavy atom. The van der Waals surface area contributed by atoms with E-state index in [1.165, 1.54) is 0 Å². The molecule has 0 spiro atoms. The third-order valence-electron chi connectivity index (χ3n) is 3.89. The van der Waals surface area contributed by atoms with Crippen molar-refractivity contribution in [3.8, 4) is 0 Å². The van der Waals surface area contributed by atoms with Gasteiger partial charge in [0.15, 0.2) is 0 Å². The minimum absolute atomic E-state index is 0.00306. The fourth-order valence-corrected chi connectivity index (χ4v) is 2.76. The molecular formula is C14H24N4O. The molecule has 0 saturated carbocycles. The molecule has 1 fully saturated rings. The third kappa shape index (κ3) is 2.97. The summed E-state index contributed by atoms with van der Waals surface area (Å²) >= 11 is 0. The normalized spacial score (nSPS) is 22.2. The van der Waals surface area contributed by atoms with Crippen LogP contribution < -0.4 is 10.6 Å². The molecule has 1 atom stereocenters. The van der Waals surface area contributed by atoms with Crippen molar-refractivity contribution in [2.45, 2.75) is 46.1 Å². The Hall–Kier alpha value is -1.36. The number of nitrogens with one attached hydrogen (secondary N) is 2. The first-order chi connectivity index (χ1) is 8.94. The van der Waals surface area contributed by atoms with Crippen LogP contribution in [0.15, 0.2) is 6.20 Å². The Kier molecular flexibility index (Phi) is 3.94. The van der Waals surface area contributed by atoms with Gasteiger partial charge in [0.05, 0.1) is 17.4 Å². The molecule has 1 amide bonds. The summed E-state index contributed by atoms with van der Waals surface area (Å²) in [4.78, 5) is 12.4. The second kappa shape index (κ2) is 5.33. The molecular weight excluding hydrogens is 240 g/mol. The average Bonchev–Trinajstić information content (AvgIpc) is 2.68. The molecule has 0 aromatic carbocycles. The summed E-state index contributed by atoms with van der Waals surface area (Å²) in [6.45, 7) is 7.25. The number of nitrogens with zero attached hydrogens (tertiary/aromatic N) is 2. The van der Waals surface area contributed by atoms with Crippen LogP contribution in [0.3, 0.4) is 0 Å². The van der Waals surface area contributed by atoms with Gasteiger partial charge < -0.3 is 10.6 Å². The van der Waals surface area contributed by atoms with E-state index < -0.39 is 0 Å². The van der Waals surface area contributed by atoms with E-state index in [0.29, 0.717) is 0 Å².